The van der Waals surface area contributed by atoms with Crippen LogP contribution in [0.3, 0.4) is 0 Å². The van der Waals surface area contributed by atoms with Crippen LogP contribution in [0.5, 0.6) is 0 Å². The molecule has 12 heavy (non-hydrogen) atoms. The summed E-state index contributed by atoms with van der Waals surface area (Å²) in [6.45, 7) is 4.52. The van der Waals surface area contributed by atoms with Crippen LogP contribution in [0.1, 0.15) is 24.1 Å². The van der Waals surface area contributed by atoms with E-state index in [2.05, 4.69) is 16.8 Å². The molecular weight excluding hydrogens is 168 g/mol. The summed E-state index contributed by atoms with van der Waals surface area (Å²) in [7, 11) is 0. The fourth-order valence-electron chi connectivity index (χ4n) is 1.57. The second kappa shape index (κ2) is 3.44. The van der Waals surface area contributed by atoms with Crippen molar-refractivity contribution >= 4 is 16.5 Å². The number of piperidine rings is 1. The largest absolute Gasteiger partial charge is 0.348 e. The maximum absolute atomic E-state index is 4.38. The Morgan fingerprint density at radius 3 is 2.67 bits per heavy atom. The molecule has 0 saturated carbocycles. The Morgan fingerprint density at radius 1 is 1.33 bits per heavy atom. The molecule has 1 aliphatic heterocycles. The topological polar surface area (TPSA) is 16.1 Å². The number of nitrogens with zero attached hydrogens (tertiary/aromatic N) is 2. The molecular formula is C9H14N2S. The Morgan fingerprint density at radius 2 is 2.08 bits per heavy atom. The first-order valence-corrected chi connectivity index (χ1v) is 5.35. The standard InChI is InChI=1S/C9H14N2S/c1-8-7-10-9(12-8)11-5-3-2-4-6-11/h7H,2-6H2,1H3. The minimum Gasteiger partial charge on any atom is -0.348 e. The first-order chi connectivity index (χ1) is 5.86. The van der Waals surface area contributed by atoms with Crippen LogP contribution in [-0.4, -0.2) is 18.1 Å². The van der Waals surface area contributed by atoms with Crippen molar-refractivity contribution in [2.75, 3.05) is 18.0 Å². The summed E-state index contributed by atoms with van der Waals surface area (Å²) in [6, 6.07) is 0. The molecule has 2 rings (SSSR count). The van der Waals surface area contributed by atoms with Gasteiger partial charge < -0.3 is 4.90 Å². The molecule has 0 aromatic carbocycles. The molecule has 1 aliphatic rings. The number of rotatable bonds is 1. The zero-order valence-corrected chi connectivity index (χ0v) is 8.23. The van der Waals surface area contributed by atoms with Crippen molar-refractivity contribution in [1.82, 2.24) is 4.98 Å². The summed E-state index contributed by atoms with van der Waals surface area (Å²) < 4.78 is 0. The van der Waals surface area contributed by atoms with E-state index in [-0.39, 0.29) is 0 Å². The molecule has 1 aromatic heterocycles. The molecule has 0 radical (unpaired) electrons. The number of aromatic nitrogens is 1. The van der Waals surface area contributed by atoms with Gasteiger partial charge in [0.1, 0.15) is 0 Å². The predicted octanol–water partition coefficient (Wildman–Crippen LogP) is 2.44. The second-order valence-electron chi connectivity index (χ2n) is 3.30. The monoisotopic (exact) mass is 182 g/mol. The van der Waals surface area contributed by atoms with Gasteiger partial charge in [-0.25, -0.2) is 4.98 Å². The first kappa shape index (κ1) is 8.05. The fourth-order valence-corrected chi connectivity index (χ4v) is 2.38. The highest BCUT2D eigenvalue weighted by Crippen LogP contribution is 2.24. The lowest BCUT2D eigenvalue weighted by atomic mass is 10.1. The molecule has 1 fully saturated rings. The van der Waals surface area contributed by atoms with Gasteiger partial charge in [0.15, 0.2) is 5.13 Å². The molecule has 0 N–H and O–H groups in total. The zero-order valence-electron chi connectivity index (χ0n) is 7.42. The van der Waals surface area contributed by atoms with Crippen molar-refractivity contribution in [3.8, 4) is 0 Å². The van der Waals surface area contributed by atoms with E-state index in [1.807, 2.05) is 17.5 Å². The van der Waals surface area contributed by atoms with Crippen LogP contribution in [0, 0.1) is 6.92 Å². The number of hydrogen-bond donors (Lipinski definition) is 0. The average Bonchev–Trinajstić information content (AvgIpc) is 2.54. The first-order valence-electron chi connectivity index (χ1n) is 4.53. The molecule has 2 heterocycles. The molecule has 0 unspecified atom stereocenters. The van der Waals surface area contributed by atoms with Crippen molar-refractivity contribution in [1.29, 1.82) is 0 Å². The molecule has 0 atom stereocenters. The van der Waals surface area contributed by atoms with Gasteiger partial charge in [-0.2, -0.15) is 0 Å². The third-order valence-electron chi connectivity index (χ3n) is 2.24. The van der Waals surface area contributed by atoms with E-state index in [4.69, 9.17) is 0 Å². The van der Waals surface area contributed by atoms with Crippen LogP contribution in [0.2, 0.25) is 0 Å². The van der Waals surface area contributed by atoms with E-state index < -0.39 is 0 Å². The van der Waals surface area contributed by atoms with Crippen molar-refractivity contribution in [3.05, 3.63) is 11.1 Å². The van der Waals surface area contributed by atoms with Crippen LogP contribution in [0.25, 0.3) is 0 Å². The highest BCUT2D eigenvalue weighted by Gasteiger charge is 2.12. The maximum atomic E-state index is 4.38. The Hall–Kier alpha value is -0.570. The number of anilines is 1. The van der Waals surface area contributed by atoms with Crippen LogP contribution >= 0.6 is 11.3 Å². The molecule has 0 spiro atoms. The Balaban J connectivity index is 2.08. The highest BCUT2D eigenvalue weighted by atomic mass is 32.1. The molecule has 3 heteroatoms. The molecule has 1 aromatic rings. The fraction of sp³-hybridized carbons (Fsp3) is 0.667. The summed E-state index contributed by atoms with van der Waals surface area (Å²) in [4.78, 5) is 8.10. The average molecular weight is 182 g/mol. The number of thiazole rings is 1. The summed E-state index contributed by atoms with van der Waals surface area (Å²) >= 11 is 1.81. The van der Waals surface area contributed by atoms with E-state index >= 15 is 0 Å². The lowest BCUT2D eigenvalue weighted by molar-refractivity contribution is 0.577. The van der Waals surface area contributed by atoms with Gasteiger partial charge in [-0.15, -0.1) is 11.3 Å². The van der Waals surface area contributed by atoms with Crippen molar-refractivity contribution in [3.63, 3.8) is 0 Å². The lowest BCUT2D eigenvalue weighted by Crippen LogP contribution is -2.29. The Kier molecular flexibility index (Phi) is 2.30. The Bertz CT molecular complexity index is 251. The SMILES string of the molecule is Cc1cnc(N2CCCCC2)s1. The maximum Gasteiger partial charge on any atom is 0.185 e. The van der Waals surface area contributed by atoms with Gasteiger partial charge in [-0.05, 0) is 26.2 Å². The molecule has 2 nitrogen and oxygen atoms in total. The van der Waals surface area contributed by atoms with Gasteiger partial charge in [-0.3, -0.25) is 0 Å². The Labute approximate surface area is 77.2 Å². The summed E-state index contributed by atoms with van der Waals surface area (Å²) in [5, 5.41) is 1.22. The zero-order chi connectivity index (χ0) is 8.39. The van der Waals surface area contributed by atoms with E-state index in [1.165, 1.54) is 42.4 Å². The number of hydrogen-bond acceptors (Lipinski definition) is 3. The lowest BCUT2D eigenvalue weighted by Gasteiger charge is -2.25. The van der Waals surface area contributed by atoms with E-state index in [9.17, 15) is 0 Å². The van der Waals surface area contributed by atoms with Crippen LogP contribution in [-0.2, 0) is 0 Å². The van der Waals surface area contributed by atoms with Gasteiger partial charge in [-0.1, -0.05) is 0 Å². The van der Waals surface area contributed by atoms with Crippen LogP contribution in [0.15, 0.2) is 6.20 Å². The highest BCUT2D eigenvalue weighted by molar-refractivity contribution is 7.15. The normalized spacial score (nSPS) is 18.2. The van der Waals surface area contributed by atoms with E-state index in [0.717, 1.165) is 0 Å². The van der Waals surface area contributed by atoms with E-state index in [1.54, 1.807) is 0 Å². The molecule has 66 valence electrons. The van der Waals surface area contributed by atoms with Gasteiger partial charge >= 0.3 is 0 Å². The van der Waals surface area contributed by atoms with Crippen molar-refractivity contribution < 1.29 is 0 Å². The van der Waals surface area contributed by atoms with Crippen molar-refractivity contribution in [2.45, 2.75) is 26.2 Å². The molecule has 0 amide bonds. The van der Waals surface area contributed by atoms with Crippen LogP contribution in [0.4, 0.5) is 5.13 Å². The summed E-state index contributed by atoms with van der Waals surface area (Å²) in [6.07, 6.45) is 6.02. The van der Waals surface area contributed by atoms with Gasteiger partial charge in [0.25, 0.3) is 0 Å². The third-order valence-corrected chi connectivity index (χ3v) is 3.21. The van der Waals surface area contributed by atoms with E-state index in [0.29, 0.717) is 0 Å². The molecule has 0 aliphatic carbocycles. The summed E-state index contributed by atoms with van der Waals surface area (Å²) in [5.41, 5.74) is 0. The number of aryl methyl sites for hydroxylation is 1. The minimum absolute atomic E-state index is 1.20. The second-order valence-corrected chi connectivity index (χ2v) is 4.51. The van der Waals surface area contributed by atoms with Gasteiger partial charge in [0.05, 0.1) is 0 Å². The predicted molar refractivity (Wildman–Crippen MR) is 52.9 cm³/mol. The quantitative estimate of drug-likeness (QED) is 0.663. The molecule has 1 saturated heterocycles. The smallest absolute Gasteiger partial charge is 0.185 e. The minimum atomic E-state index is 1.20. The summed E-state index contributed by atoms with van der Waals surface area (Å²) in [5.74, 6) is 0. The van der Waals surface area contributed by atoms with Gasteiger partial charge in [0.2, 0.25) is 0 Å². The van der Waals surface area contributed by atoms with Crippen LogP contribution < -0.4 is 4.90 Å². The van der Waals surface area contributed by atoms with Gasteiger partial charge in [0, 0.05) is 24.2 Å². The van der Waals surface area contributed by atoms with Crippen molar-refractivity contribution in [2.24, 2.45) is 0 Å². The molecule has 0 bridgehead atoms. The third kappa shape index (κ3) is 1.61.